The topological polar surface area (TPSA) is 37.3 Å². The van der Waals surface area contributed by atoms with Gasteiger partial charge in [0, 0.05) is 10.9 Å². The molecule has 2 fully saturated rings. The van der Waals surface area contributed by atoms with E-state index in [0.717, 1.165) is 38.5 Å². The lowest BCUT2D eigenvalue weighted by Gasteiger charge is -2.30. The Morgan fingerprint density at radius 2 is 1.38 bits per heavy atom. The van der Waals surface area contributed by atoms with Crippen LogP contribution in [0.2, 0.25) is 0 Å². The van der Waals surface area contributed by atoms with Gasteiger partial charge in [0.15, 0.2) is 0 Å². The van der Waals surface area contributed by atoms with Gasteiger partial charge in [0.2, 0.25) is 0 Å². The number of hydrogen-bond donors (Lipinski definition) is 1. The van der Waals surface area contributed by atoms with Crippen LogP contribution in [0.4, 0.5) is 0 Å². The lowest BCUT2D eigenvalue weighted by Crippen LogP contribution is -2.15. The van der Waals surface area contributed by atoms with E-state index in [2.05, 4.69) is 0 Å². The van der Waals surface area contributed by atoms with Crippen molar-refractivity contribution in [2.45, 2.75) is 75.1 Å². The van der Waals surface area contributed by atoms with Crippen LogP contribution in [0.25, 0.3) is 0 Å². The summed E-state index contributed by atoms with van der Waals surface area (Å²) in [5, 5.41) is 0.464. The second kappa shape index (κ2) is 5.93. The predicted octanol–water partition coefficient (Wildman–Crippen LogP) is 4.57. The summed E-state index contributed by atoms with van der Waals surface area (Å²) in [5.74, 6) is 0. The van der Waals surface area contributed by atoms with Crippen LogP contribution in [-0.4, -0.2) is 15.8 Å². The Balaban J connectivity index is 1.87. The highest BCUT2D eigenvalue weighted by atomic mass is 32.7. The molecule has 0 radical (unpaired) electrons. The molecule has 2 aliphatic rings. The molecule has 2 saturated carbocycles. The van der Waals surface area contributed by atoms with E-state index >= 15 is 0 Å². The molecule has 16 heavy (non-hydrogen) atoms. The quantitative estimate of drug-likeness (QED) is 0.757. The first-order chi connectivity index (χ1) is 7.68. The fraction of sp³-hybridized carbons (Fsp3) is 1.00. The molecule has 4 heteroatoms. The molecular formula is C12H23O2PS. The minimum absolute atomic E-state index is 0.105. The molecule has 1 unspecified atom stereocenters. The van der Waals surface area contributed by atoms with E-state index in [-0.39, 0.29) is 5.66 Å². The second-order valence-corrected chi connectivity index (χ2v) is 10.2. The van der Waals surface area contributed by atoms with Gasteiger partial charge in [-0.3, -0.25) is 4.57 Å². The highest BCUT2D eigenvalue weighted by Crippen LogP contribution is 2.65. The normalized spacial score (nSPS) is 28.8. The Labute approximate surface area is 103 Å². The number of rotatable bonds is 3. The second-order valence-electron chi connectivity index (χ2n) is 5.22. The van der Waals surface area contributed by atoms with Gasteiger partial charge in [-0.25, -0.2) is 0 Å². The van der Waals surface area contributed by atoms with Gasteiger partial charge in [-0.15, -0.1) is 0 Å². The molecule has 0 aromatic carbocycles. The van der Waals surface area contributed by atoms with E-state index < -0.39 is 6.57 Å². The molecule has 2 nitrogen and oxygen atoms in total. The van der Waals surface area contributed by atoms with Crippen molar-refractivity contribution in [3.8, 4) is 0 Å². The van der Waals surface area contributed by atoms with Crippen LogP contribution in [0.1, 0.15) is 64.2 Å². The molecule has 0 aliphatic heterocycles. The Bertz CT molecular complexity index is 258. The summed E-state index contributed by atoms with van der Waals surface area (Å²) >= 11 is 1.44. The highest BCUT2D eigenvalue weighted by Gasteiger charge is 2.35. The Hall–Kier alpha value is 0.540. The monoisotopic (exact) mass is 262 g/mol. The van der Waals surface area contributed by atoms with E-state index in [9.17, 15) is 9.46 Å². The average molecular weight is 262 g/mol. The first-order valence-corrected chi connectivity index (χ1v) is 9.91. The van der Waals surface area contributed by atoms with Crippen molar-refractivity contribution in [3.63, 3.8) is 0 Å². The summed E-state index contributed by atoms with van der Waals surface area (Å²) in [5.41, 5.74) is 0.105. The molecule has 0 spiro atoms. The first kappa shape index (κ1) is 13.0. The fourth-order valence-corrected chi connectivity index (χ4v) is 8.10. The van der Waals surface area contributed by atoms with Crippen molar-refractivity contribution in [1.82, 2.24) is 0 Å². The molecule has 0 heterocycles. The van der Waals surface area contributed by atoms with Crippen LogP contribution in [0.5, 0.6) is 0 Å². The van der Waals surface area contributed by atoms with E-state index in [1.165, 1.54) is 37.1 Å². The van der Waals surface area contributed by atoms with Gasteiger partial charge in [0.05, 0.1) is 0 Å². The standard InChI is InChI=1S/C12H23O2PS/c13-15(14,11-7-3-1-4-8-11)16-12-9-5-2-6-10-12/h11-12H,1-10H2,(H,13,14). The molecule has 0 bridgehead atoms. The van der Waals surface area contributed by atoms with E-state index in [1.807, 2.05) is 0 Å². The minimum Gasteiger partial charge on any atom is -0.337 e. The van der Waals surface area contributed by atoms with E-state index in [0.29, 0.717) is 5.25 Å². The summed E-state index contributed by atoms with van der Waals surface area (Å²) in [6.07, 6.45) is 11.7. The van der Waals surface area contributed by atoms with E-state index in [1.54, 1.807) is 0 Å². The third-order valence-corrected chi connectivity index (χ3v) is 9.09. The maximum Gasteiger partial charge on any atom is 0.258 e. The van der Waals surface area contributed by atoms with Crippen molar-refractivity contribution in [2.75, 3.05) is 0 Å². The molecule has 1 N–H and O–H groups in total. The van der Waals surface area contributed by atoms with Gasteiger partial charge >= 0.3 is 0 Å². The Kier molecular flexibility index (Phi) is 4.81. The van der Waals surface area contributed by atoms with Gasteiger partial charge in [-0.1, -0.05) is 49.9 Å². The predicted molar refractivity (Wildman–Crippen MR) is 71.2 cm³/mol. The van der Waals surface area contributed by atoms with Gasteiger partial charge in [0.25, 0.3) is 6.57 Å². The van der Waals surface area contributed by atoms with Crippen molar-refractivity contribution in [2.24, 2.45) is 0 Å². The van der Waals surface area contributed by atoms with Gasteiger partial charge in [0.1, 0.15) is 0 Å². The van der Waals surface area contributed by atoms with Gasteiger partial charge < -0.3 is 4.89 Å². The molecule has 0 amide bonds. The third-order valence-electron chi connectivity index (χ3n) is 3.89. The van der Waals surface area contributed by atoms with Crippen molar-refractivity contribution >= 4 is 18.0 Å². The summed E-state index contributed by atoms with van der Waals surface area (Å²) in [4.78, 5) is 10.2. The summed E-state index contributed by atoms with van der Waals surface area (Å²) in [6, 6.07) is 0. The van der Waals surface area contributed by atoms with Gasteiger partial charge in [-0.05, 0) is 25.7 Å². The SMILES string of the molecule is O=P(O)(SC1CCCCC1)C1CCCCC1. The fourth-order valence-electron chi connectivity index (χ4n) is 2.88. The average Bonchev–Trinajstić information content (AvgIpc) is 2.31. The van der Waals surface area contributed by atoms with Crippen molar-refractivity contribution in [1.29, 1.82) is 0 Å². The highest BCUT2D eigenvalue weighted by molar-refractivity contribution is 8.56. The van der Waals surface area contributed by atoms with Crippen LogP contribution in [0.3, 0.4) is 0 Å². The van der Waals surface area contributed by atoms with Crippen LogP contribution in [0, 0.1) is 0 Å². The molecule has 2 aliphatic carbocycles. The molecule has 1 atom stereocenters. The van der Waals surface area contributed by atoms with Crippen LogP contribution < -0.4 is 0 Å². The summed E-state index contributed by atoms with van der Waals surface area (Å²) < 4.78 is 12.4. The lowest BCUT2D eigenvalue weighted by atomic mass is 10.0. The van der Waals surface area contributed by atoms with E-state index in [4.69, 9.17) is 0 Å². The minimum atomic E-state index is -2.92. The zero-order valence-corrected chi connectivity index (χ0v) is 11.6. The maximum absolute atomic E-state index is 12.4. The maximum atomic E-state index is 12.4. The molecule has 94 valence electrons. The zero-order chi connectivity index (χ0) is 11.4. The molecule has 0 aromatic rings. The molecule has 0 saturated heterocycles. The zero-order valence-electron chi connectivity index (χ0n) is 9.94. The van der Waals surface area contributed by atoms with Crippen LogP contribution in [-0.2, 0) is 4.57 Å². The molecular weight excluding hydrogens is 239 g/mol. The molecule has 0 aromatic heterocycles. The largest absolute Gasteiger partial charge is 0.337 e. The van der Waals surface area contributed by atoms with Gasteiger partial charge in [-0.2, -0.15) is 0 Å². The Morgan fingerprint density at radius 3 is 1.94 bits per heavy atom. The summed E-state index contributed by atoms with van der Waals surface area (Å²) in [7, 11) is 0. The van der Waals surface area contributed by atoms with Crippen LogP contribution in [0.15, 0.2) is 0 Å². The third kappa shape index (κ3) is 3.51. The van der Waals surface area contributed by atoms with Crippen molar-refractivity contribution in [3.05, 3.63) is 0 Å². The smallest absolute Gasteiger partial charge is 0.258 e. The Morgan fingerprint density at radius 1 is 0.875 bits per heavy atom. The van der Waals surface area contributed by atoms with Crippen LogP contribution >= 0.6 is 18.0 Å². The van der Waals surface area contributed by atoms with Crippen molar-refractivity contribution < 1.29 is 9.46 Å². The first-order valence-electron chi connectivity index (χ1n) is 6.69. The lowest BCUT2D eigenvalue weighted by molar-refractivity contribution is 0.436. The molecule has 2 rings (SSSR count). The summed E-state index contributed by atoms with van der Waals surface area (Å²) in [6.45, 7) is -2.92. The number of hydrogen-bond acceptors (Lipinski definition) is 2.